The molecule has 106 valence electrons. The maximum absolute atomic E-state index is 11.6. The van der Waals surface area contributed by atoms with Crippen LogP contribution in [-0.2, 0) is 11.3 Å². The third-order valence-electron chi connectivity index (χ3n) is 2.65. The number of nitrogens with one attached hydrogen (secondary N) is 2. The molecule has 3 aromatic rings. The first-order chi connectivity index (χ1) is 10.3. The highest BCUT2D eigenvalue weighted by Crippen LogP contribution is 2.14. The summed E-state index contributed by atoms with van der Waals surface area (Å²) in [7, 11) is 0. The molecule has 0 saturated carbocycles. The van der Waals surface area contributed by atoms with Crippen LogP contribution < -0.4 is 5.32 Å². The second-order valence-corrected chi connectivity index (χ2v) is 4.15. The molecule has 3 heterocycles. The van der Waals surface area contributed by atoms with Crippen molar-refractivity contribution in [3.63, 3.8) is 0 Å². The van der Waals surface area contributed by atoms with Gasteiger partial charge in [0.1, 0.15) is 11.6 Å². The van der Waals surface area contributed by atoms with Gasteiger partial charge in [0.2, 0.25) is 11.7 Å². The van der Waals surface area contributed by atoms with Crippen molar-refractivity contribution >= 4 is 12.0 Å². The molecule has 0 aromatic carbocycles. The van der Waals surface area contributed by atoms with Crippen LogP contribution in [0, 0.1) is 0 Å². The Morgan fingerprint density at radius 1 is 1.29 bits per heavy atom. The Labute approximate surface area is 119 Å². The third kappa shape index (κ3) is 3.27. The molecule has 2 N–H and O–H groups in total. The molecule has 0 spiro atoms. The van der Waals surface area contributed by atoms with Crippen molar-refractivity contribution in [1.29, 1.82) is 0 Å². The van der Waals surface area contributed by atoms with E-state index in [9.17, 15) is 4.79 Å². The first kappa shape index (κ1) is 12.9. The van der Waals surface area contributed by atoms with Crippen LogP contribution in [0.25, 0.3) is 17.7 Å². The Balaban J connectivity index is 1.54. The number of aromatic nitrogens is 3. The van der Waals surface area contributed by atoms with E-state index in [-0.39, 0.29) is 12.5 Å². The van der Waals surface area contributed by atoms with Gasteiger partial charge in [0.05, 0.1) is 19.1 Å². The minimum Gasteiger partial charge on any atom is -0.465 e. The van der Waals surface area contributed by atoms with E-state index in [1.807, 2.05) is 0 Å². The van der Waals surface area contributed by atoms with Gasteiger partial charge in [-0.2, -0.15) is 0 Å². The van der Waals surface area contributed by atoms with Gasteiger partial charge in [-0.15, -0.1) is 5.10 Å². The molecule has 0 atom stereocenters. The molecule has 0 aliphatic carbocycles. The van der Waals surface area contributed by atoms with Crippen molar-refractivity contribution in [3.8, 4) is 11.6 Å². The first-order valence-electron chi connectivity index (χ1n) is 6.26. The average Bonchev–Trinajstić information content (AvgIpc) is 3.24. The van der Waals surface area contributed by atoms with E-state index >= 15 is 0 Å². The molecule has 0 bridgehead atoms. The van der Waals surface area contributed by atoms with E-state index in [0.29, 0.717) is 23.2 Å². The third-order valence-corrected chi connectivity index (χ3v) is 2.65. The molecule has 0 radical (unpaired) electrons. The quantitative estimate of drug-likeness (QED) is 0.698. The normalized spacial score (nSPS) is 11.0. The van der Waals surface area contributed by atoms with Crippen LogP contribution in [0.4, 0.5) is 0 Å². The molecule has 0 saturated heterocycles. The summed E-state index contributed by atoms with van der Waals surface area (Å²) < 4.78 is 10.3. The monoisotopic (exact) mass is 284 g/mol. The van der Waals surface area contributed by atoms with E-state index in [1.165, 1.54) is 6.08 Å². The molecule has 7 nitrogen and oxygen atoms in total. The number of furan rings is 2. The summed E-state index contributed by atoms with van der Waals surface area (Å²) in [6, 6.07) is 7.03. The lowest BCUT2D eigenvalue weighted by Crippen LogP contribution is -2.20. The standard InChI is InChI=1S/C14H12N4O3/c19-13(6-5-10-3-1-7-20-10)15-9-12-16-14(18-17-12)11-4-2-8-21-11/h1-8H,9H2,(H,15,19)(H,16,17,18)/b6-5-. The van der Waals surface area contributed by atoms with E-state index in [0.717, 1.165) is 0 Å². The van der Waals surface area contributed by atoms with E-state index in [2.05, 4.69) is 20.5 Å². The average molecular weight is 284 g/mol. The molecular weight excluding hydrogens is 272 g/mol. The lowest BCUT2D eigenvalue weighted by atomic mass is 10.4. The smallest absolute Gasteiger partial charge is 0.244 e. The zero-order chi connectivity index (χ0) is 14.5. The fourth-order valence-corrected chi connectivity index (χ4v) is 1.66. The maximum atomic E-state index is 11.6. The Kier molecular flexibility index (Phi) is 3.64. The second kappa shape index (κ2) is 5.91. The minimum absolute atomic E-state index is 0.245. The van der Waals surface area contributed by atoms with Crippen molar-refractivity contribution in [2.24, 2.45) is 0 Å². The molecule has 7 heteroatoms. The van der Waals surface area contributed by atoms with Crippen molar-refractivity contribution in [2.75, 3.05) is 0 Å². The van der Waals surface area contributed by atoms with Gasteiger partial charge in [0.25, 0.3) is 0 Å². The Bertz CT molecular complexity index is 726. The summed E-state index contributed by atoms with van der Waals surface area (Å²) in [5.74, 6) is 1.94. The molecule has 0 unspecified atom stereocenters. The van der Waals surface area contributed by atoms with Gasteiger partial charge in [0, 0.05) is 6.08 Å². The van der Waals surface area contributed by atoms with Crippen LogP contribution in [0.2, 0.25) is 0 Å². The fraction of sp³-hybridized carbons (Fsp3) is 0.0714. The van der Waals surface area contributed by atoms with Crippen LogP contribution in [0.5, 0.6) is 0 Å². The van der Waals surface area contributed by atoms with Crippen molar-refractivity contribution in [2.45, 2.75) is 6.54 Å². The summed E-state index contributed by atoms with van der Waals surface area (Å²) in [6.45, 7) is 0.245. The van der Waals surface area contributed by atoms with Crippen LogP contribution in [0.15, 0.2) is 51.7 Å². The Morgan fingerprint density at radius 2 is 2.14 bits per heavy atom. The number of carbonyl (C=O) groups is 1. The number of rotatable bonds is 5. The molecule has 0 fully saturated rings. The summed E-state index contributed by atoms with van der Waals surface area (Å²) in [5, 5.41) is 9.44. The Morgan fingerprint density at radius 3 is 2.90 bits per heavy atom. The molecule has 21 heavy (non-hydrogen) atoms. The predicted octanol–water partition coefficient (Wildman–Crippen LogP) is 1.99. The topological polar surface area (TPSA) is 97.0 Å². The number of carbonyl (C=O) groups excluding carboxylic acids is 1. The molecule has 1 amide bonds. The summed E-state index contributed by atoms with van der Waals surface area (Å²) >= 11 is 0. The molecule has 3 rings (SSSR count). The second-order valence-electron chi connectivity index (χ2n) is 4.15. The number of amides is 1. The van der Waals surface area contributed by atoms with Gasteiger partial charge in [0.15, 0.2) is 5.76 Å². The minimum atomic E-state index is -0.248. The van der Waals surface area contributed by atoms with Gasteiger partial charge in [-0.3, -0.25) is 9.89 Å². The van der Waals surface area contributed by atoms with E-state index in [4.69, 9.17) is 8.83 Å². The van der Waals surface area contributed by atoms with E-state index in [1.54, 1.807) is 42.9 Å². The maximum Gasteiger partial charge on any atom is 0.244 e. The molecule has 3 aromatic heterocycles. The van der Waals surface area contributed by atoms with Crippen molar-refractivity contribution < 1.29 is 13.6 Å². The van der Waals surface area contributed by atoms with Gasteiger partial charge >= 0.3 is 0 Å². The largest absolute Gasteiger partial charge is 0.465 e. The highest BCUT2D eigenvalue weighted by Gasteiger charge is 2.08. The van der Waals surface area contributed by atoms with Gasteiger partial charge in [-0.05, 0) is 30.3 Å². The highest BCUT2D eigenvalue weighted by molar-refractivity contribution is 5.91. The Hall–Kier alpha value is -3.09. The lowest BCUT2D eigenvalue weighted by molar-refractivity contribution is -0.116. The zero-order valence-electron chi connectivity index (χ0n) is 10.9. The van der Waals surface area contributed by atoms with Crippen LogP contribution in [0.1, 0.15) is 11.6 Å². The summed E-state index contributed by atoms with van der Waals surface area (Å²) in [5.41, 5.74) is 0. The van der Waals surface area contributed by atoms with Crippen molar-refractivity contribution in [1.82, 2.24) is 20.5 Å². The number of H-pyrrole nitrogens is 1. The zero-order valence-corrected chi connectivity index (χ0v) is 10.9. The van der Waals surface area contributed by atoms with Gasteiger partial charge in [-0.25, -0.2) is 4.98 Å². The summed E-state index contributed by atoms with van der Waals surface area (Å²) in [6.07, 6.45) is 6.07. The van der Waals surface area contributed by atoms with Gasteiger partial charge < -0.3 is 14.2 Å². The number of aromatic amines is 1. The predicted molar refractivity (Wildman–Crippen MR) is 73.7 cm³/mol. The lowest BCUT2D eigenvalue weighted by Gasteiger charge is -1.97. The number of hydrogen-bond donors (Lipinski definition) is 2. The number of hydrogen-bond acceptors (Lipinski definition) is 5. The molecule has 0 aliphatic rings. The van der Waals surface area contributed by atoms with Crippen LogP contribution in [0.3, 0.4) is 0 Å². The fourth-order valence-electron chi connectivity index (χ4n) is 1.66. The van der Waals surface area contributed by atoms with Crippen LogP contribution >= 0.6 is 0 Å². The van der Waals surface area contributed by atoms with Crippen molar-refractivity contribution in [3.05, 3.63) is 54.5 Å². The molecule has 0 aliphatic heterocycles. The highest BCUT2D eigenvalue weighted by atomic mass is 16.3. The SMILES string of the molecule is O=C(/C=C\c1ccco1)NCc1nc(-c2ccco2)n[nH]1. The molecular formula is C14H12N4O3. The van der Waals surface area contributed by atoms with E-state index < -0.39 is 0 Å². The summed E-state index contributed by atoms with van der Waals surface area (Å²) in [4.78, 5) is 15.8. The first-order valence-corrected chi connectivity index (χ1v) is 6.26. The van der Waals surface area contributed by atoms with Gasteiger partial charge in [-0.1, -0.05) is 0 Å². The van der Waals surface area contributed by atoms with Crippen LogP contribution in [-0.4, -0.2) is 21.1 Å². The number of nitrogens with zero attached hydrogens (tertiary/aromatic N) is 2.